The molecule has 0 aliphatic carbocycles. The van der Waals surface area contributed by atoms with Gasteiger partial charge in [0, 0.05) is 18.3 Å². The Morgan fingerprint density at radius 3 is 2.54 bits per heavy atom. The lowest BCUT2D eigenvalue weighted by Crippen LogP contribution is -2.20. The molecular weight excluding hydrogens is 352 g/mol. The van der Waals surface area contributed by atoms with Gasteiger partial charge < -0.3 is 10.1 Å². The van der Waals surface area contributed by atoms with Gasteiger partial charge in [-0.05, 0) is 48.4 Å². The molecule has 0 heterocycles. The lowest BCUT2D eigenvalue weighted by atomic mass is 10.2. The van der Waals surface area contributed by atoms with Gasteiger partial charge in [-0.1, -0.05) is 24.3 Å². The average Bonchev–Trinajstić information content (AvgIpc) is 2.59. The van der Waals surface area contributed by atoms with E-state index in [0.717, 1.165) is 23.1 Å². The number of rotatable bonds is 8. The molecule has 2 aromatic carbocycles. The van der Waals surface area contributed by atoms with E-state index in [1.165, 1.54) is 6.08 Å². The summed E-state index contributed by atoms with van der Waals surface area (Å²) in [5.74, 6) is 0.558. The Morgan fingerprint density at radius 2 is 1.88 bits per heavy atom. The van der Waals surface area contributed by atoms with Gasteiger partial charge >= 0.3 is 0 Å². The molecule has 0 spiro atoms. The first-order valence-electron chi connectivity index (χ1n) is 8.11. The van der Waals surface area contributed by atoms with Crippen molar-refractivity contribution in [3.05, 3.63) is 65.7 Å². The number of anilines is 1. The van der Waals surface area contributed by atoms with Gasteiger partial charge in [-0.2, -0.15) is 0 Å². The van der Waals surface area contributed by atoms with Gasteiger partial charge in [-0.25, -0.2) is 8.42 Å². The van der Waals surface area contributed by atoms with Crippen molar-refractivity contribution in [1.29, 1.82) is 0 Å². The molecule has 0 aromatic heterocycles. The van der Waals surface area contributed by atoms with Crippen molar-refractivity contribution in [3.8, 4) is 5.75 Å². The Bertz CT molecular complexity index is 875. The van der Waals surface area contributed by atoms with Crippen molar-refractivity contribution in [2.75, 3.05) is 17.6 Å². The fourth-order valence-electron chi connectivity index (χ4n) is 2.21. The molecule has 26 heavy (non-hydrogen) atoms. The minimum absolute atomic E-state index is 0.217. The third-order valence-corrected chi connectivity index (χ3v) is 3.92. The maximum atomic E-state index is 11.9. The number of hydrogen-bond acceptors (Lipinski definition) is 4. The first kappa shape index (κ1) is 19.5. The molecule has 0 radical (unpaired) electrons. The summed E-state index contributed by atoms with van der Waals surface area (Å²) in [6.07, 6.45) is 4.19. The predicted octanol–water partition coefficient (Wildman–Crippen LogP) is 2.79. The highest BCUT2D eigenvalue weighted by atomic mass is 32.2. The molecule has 0 aliphatic heterocycles. The molecule has 1 amide bonds. The van der Waals surface area contributed by atoms with Crippen LogP contribution < -0.4 is 14.8 Å². The Balaban J connectivity index is 1.88. The number of sulfonamides is 1. The highest BCUT2D eigenvalue weighted by molar-refractivity contribution is 7.92. The normalized spacial score (nSPS) is 11.3. The summed E-state index contributed by atoms with van der Waals surface area (Å²) in [6, 6.07) is 14.3. The third kappa shape index (κ3) is 6.98. The fourth-order valence-corrected chi connectivity index (χ4v) is 2.77. The van der Waals surface area contributed by atoms with E-state index in [4.69, 9.17) is 4.74 Å². The van der Waals surface area contributed by atoms with E-state index in [1.807, 2.05) is 31.2 Å². The van der Waals surface area contributed by atoms with Crippen LogP contribution in [0.25, 0.3) is 6.08 Å². The Morgan fingerprint density at radius 1 is 1.15 bits per heavy atom. The van der Waals surface area contributed by atoms with E-state index in [9.17, 15) is 13.2 Å². The van der Waals surface area contributed by atoms with E-state index in [1.54, 1.807) is 30.3 Å². The quantitative estimate of drug-likeness (QED) is 0.696. The van der Waals surface area contributed by atoms with Gasteiger partial charge in [0.25, 0.3) is 0 Å². The molecular formula is C19H22N2O4S. The Hall–Kier alpha value is -2.80. The number of benzene rings is 2. The lowest BCUT2D eigenvalue weighted by Gasteiger charge is -2.06. The highest BCUT2D eigenvalue weighted by Crippen LogP contribution is 2.13. The molecule has 0 saturated heterocycles. The molecule has 138 valence electrons. The van der Waals surface area contributed by atoms with E-state index in [-0.39, 0.29) is 5.91 Å². The molecule has 0 fully saturated rings. The second-order valence-electron chi connectivity index (χ2n) is 5.63. The SMILES string of the molecule is CCOc1cccc(CNC(=O)C=Cc2ccc(NS(C)(=O)=O)cc2)c1. The van der Waals surface area contributed by atoms with Crippen LogP contribution >= 0.6 is 0 Å². The van der Waals surface area contributed by atoms with Gasteiger partial charge in [0.15, 0.2) is 0 Å². The van der Waals surface area contributed by atoms with Crippen LogP contribution in [0, 0.1) is 0 Å². The van der Waals surface area contributed by atoms with Crippen LogP contribution in [0.2, 0.25) is 0 Å². The van der Waals surface area contributed by atoms with Crippen LogP contribution in [0.15, 0.2) is 54.6 Å². The molecule has 0 saturated carbocycles. The molecule has 0 unspecified atom stereocenters. The van der Waals surface area contributed by atoms with Crippen molar-refractivity contribution < 1.29 is 17.9 Å². The van der Waals surface area contributed by atoms with Crippen molar-refractivity contribution in [2.45, 2.75) is 13.5 Å². The number of ether oxygens (including phenoxy) is 1. The summed E-state index contributed by atoms with van der Waals surface area (Å²) in [5, 5.41) is 2.81. The van der Waals surface area contributed by atoms with E-state index >= 15 is 0 Å². The minimum Gasteiger partial charge on any atom is -0.494 e. The summed E-state index contributed by atoms with van der Waals surface area (Å²) >= 11 is 0. The fraction of sp³-hybridized carbons (Fsp3) is 0.211. The second-order valence-corrected chi connectivity index (χ2v) is 7.38. The minimum atomic E-state index is -3.30. The Kier molecular flexibility index (Phi) is 6.80. The van der Waals surface area contributed by atoms with E-state index < -0.39 is 10.0 Å². The standard InChI is InChI=1S/C19H22N2O4S/c1-3-25-18-6-4-5-16(13-18)14-20-19(22)12-9-15-7-10-17(11-8-15)21-26(2,23)24/h4-13,21H,3,14H2,1-2H3,(H,20,22). The number of carbonyl (C=O) groups is 1. The first-order chi connectivity index (χ1) is 12.4. The summed E-state index contributed by atoms with van der Waals surface area (Å²) in [6.45, 7) is 2.92. The monoisotopic (exact) mass is 374 g/mol. The van der Waals surface area contributed by atoms with Gasteiger partial charge in [0.05, 0.1) is 12.9 Å². The molecule has 6 nitrogen and oxygen atoms in total. The number of nitrogens with one attached hydrogen (secondary N) is 2. The summed E-state index contributed by atoms with van der Waals surface area (Å²) in [4.78, 5) is 11.9. The number of amides is 1. The smallest absolute Gasteiger partial charge is 0.244 e. The predicted molar refractivity (Wildman–Crippen MR) is 103 cm³/mol. The third-order valence-electron chi connectivity index (χ3n) is 3.32. The highest BCUT2D eigenvalue weighted by Gasteiger charge is 2.02. The number of hydrogen-bond donors (Lipinski definition) is 2. The van der Waals surface area contributed by atoms with E-state index in [2.05, 4.69) is 10.0 Å². The van der Waals surface area contributed by atoms with Crippen LogP contribution in [-0.4, -0.2) is 27.2 Å². The topological polar surface area (TPSA) is 84.5 Å². The van der Waals surface area contributed by atoms with Crippen molar-refractivity contribution in [3.63, 3.8) is 0 Å². The maximum Gasteiger partial charge on any atom is 0.244 e. The van der Waals surface area contributed by atoms with Crippen molar-refractivity contribution >= 4 is 27.7 Å². The van der Waals surface area contributed by atoms with Gasteiger partial charge in [0.2, 0.25) is 15.9 Å². The average molecular weight is 374 g/mol. The van der Waals surface area contributed by atoms with Gasteiger partial charge in [-0.15, -0.1) is 0 Å². The van der Waals surface area contributed by atoms with Crippen LogP contribution in [-0.2, 0) is 21.4 Å². The zero-order chi connectivity index (χ0) is 19.0. The zero-order valence-corrected chi connectivity index (χ0v) is 15.5. The molecule has 0 aliphatic rings. The zero-order valence-electron chi connectivity index (χ0n) is 14.7. The number of carbonyl (C=O) groups excluding carboxylic acids is 1. The van der Waals surface area contributed by atoms with Crippen LogP contribution in [0.1, 0.15) is 18.1 Å². The molecule has 2 N–H and O–H groups in total. The molecule has 0 bridgehead atoms. The summed E-state index contributed by atoms with van der Waals surface area (Å²) in [7, 11) is -3.30. The van der Waals surface area contributed by atoms with Gasteiger partial charge in [-0.3, -0.25) is 9.52 Å². The van der Waals surface area contributed by atoms with Crippen LogP contribution in [0.4, 0.5) is 5.69 Å². The Labute approximate surface area is 153 Å². The molecule has 0 atom stereocenters. The van der Waals surface area contributed by atoms with Crippen LogP contribution in [0.3, 0.4) is 0 Å². The maximum absolute atomic E-state index is 11.9. The van der Waals surface area contributed by atoms with Crippen molar-refractivity contribution in [1.82, 2.24) is 5.32 Å². The van der Waals surface area contributed by atoms with Crippen LogP contribution in [0.5, 0.6) is 5.75 Å². The lowest BCUT2D eigenvalue weighted by molar-refractivity contribution is -0.116. The largest absolute Gasteiger partial charge is 0.494 e. The second kappa shape index (κ2) is 9.05. The van der Waals surface area contributed by atoms with Crippen molar-refractivity contribution in [2.24, 2.45) is 0 Å². The van der Waals surface area contributed by atoms with Gasteiger partial charge in [0.1, 0.15) is 5.75 Å². The summed E-state index contributed by atoms with van der Waals surface area (Å²) in [5.41, 5.74) is 2.22. The van der Waals surface area contributed by atoms with E-state index in [0.29, 0.717) is 18.8 Å². The summed E-state index contributed by atoms with van der Waals surface area (Å²) < 4.78 is 30.1. The molecule has 2 rings (SSSR count). The molecule has 7 heteroatoms. The molecule has 2 aromatic rings. The first-order valence-corrected chi connectivity index (χ1v) is 10.0.